The highest BCUT2D eigenvalue weighted by Gasteiger charge is 2.22. The lowest BCUT2D eigenvalue weighted by Gasteiger charge is -2.26. The number of aromatic nitrogens is 5. The molecule has 8 nitrogen and oxygen atoms in total. The zero-order valence-corrected chi connectivity index (χ0v) is 11.9. The van der Waals surface area contributed by atoms with Crippen molar-refractivity contribution in [3.8, 4) is 12.0 Å². The lowest BCUT2D eigenvalue weighted by Crippen LogP contribution is -2.25. The van der Waals surface area contributed by atoms with Gasteiger partial charge in [0.1, 0.15) is 6.10 Å². The zero-order chi connectivity index (χ0) is 14.7. The van der Waals surface area contributed by atoms with Crippen molar-refractivity contribution in [3.63, 3.8) is 0 Å². The SMILES string of the molecule is CC1CCCC(Oc2nc(NN)nc(-n3cccn3)n2)C1. The maximum Gasteiger partial charge on any atom is 0.323 e. The zero-order valence-electron chi connectivity index (χ0n) is 11.9. The summed E-state index contributed by atoms with van der Waals surface area (Å²) in [4.78, 5) is 12.6. The van der Waals surface area contributed by atoms with Crippen molar-refractivity contribution in [2.45, 2.75) is 38.7 Å². The lowest BCUT2D eigenvalue weighted by molar-refractivity contribution is 0.118. The van der Waals surface area contributed by atoms with Gasteiger partial charge < -0.3 is 4.74 Å². The van der Waals surface area contributed by atoms with Gasteiger partial charge in [0, 0.05) is 12.4 Å². The van der Waals surface area contributed by atoms with Crippen LogP contribution in [0, 0.1) is 5.92 Å². The Labute approximate surface area is 122 Å². The first-order valence-corrected chi connectivity index (χ1v) is 7.14. The summed E-state index contributed by atoms with van der Waals surface area (Å²) in [6, 6.07) is 2.07. The van der Waals surface area contributed by atoms with E-state index in [2.05, 4.69) is 32.4 Å². The Hall–Kier alpha value is -2.22. The molecule has 1 aliphatic carbocycles. The van der Waals surface area contributed by atoms with Crippen molar-refractivity contribution >= 4 is 5.95 Å². The van der Waals surface area contributed by atoms with Gasteiger partial charge in [0.15, 0.2) is 0 Å². The molecule has 1 aliphatic rings. The lowest BCUT2D eigenvalue weighted by atomic mass is 9.89. The normalized spacial score (nSPS) is 22.0. The van der Waals surface area contributed by atoms with Gasteiger partial charge in [-0.2, -0.15) is 20.1 Å². The van der Waals surface area contributed by atoms with Crippen LogP contribution in [-0.2, 0) is 0 Å². The highest BCUT2D eigenvalue weighted by Crippen LogP contribution is 2.26. The van der Waals surface area contributed by atoms with Gasteiger partial charge in [-0.3, -0.25) is 5.43 Å². The van der Waals surface area contributed by atoms with E-state index in [1.165, 1.54) is 12.8 Å². The van der Waals surface area contributed by atoms with E-state index in [-0.39, 0.29) is 18.1 Å². The second kappa shape index (κ2) is 6.04. The van der Waals surface area contributed by atoms with Crippen molar-refractivity contribution < 1.29 is 4.74 Å². The second-order valence-corrected chi connectivity index (χ2v) is 5.35. The number of nitrogens with one attached hydrogen (secondary N) is 1. The molecule has 8 heteroatoms. The number of hydrazine groups is 1. The number of hydrogen-bond donors (Lipinski definition) is 2. The van der Waals surface area contributed by atoms with Crippen molar-refractivity contribution in [1.29, 1.82) is 0 Å². The third-order valence-electron chi connectivity index (χ3n) is 3.60. The fraction of sp³-hybridized carbons (Fsp3) is 0.538. The molecule has 3 N–H and O–H groups in total. The van der Waals surface area contributed by atoms with Crippen molar-refractivity contribution in [2.24, 2.45) is 11.8 Å². The first kappa shape index (κ1) is 13.7. The summed E-state index contributed by atoms with van der Waals surface area (Å²) >= 11 is 0. The maximum atomic E-state index is 5.91. The van der Waals surface area contributed by atoms with E-state index in [9.17, 15) is 0 Å². The van der Waals surface area contributed by atoms with E-state index in [4.69, 9.17) is 10.6 Å². The molecule has 0 saturated heterocycles. The Morgan fingerprint density at radius 3 is 2.95 bits per heavy atom. The second-order valence-electron chi connectivity index (χ2n) is 5.35. The molecular weight excluding hydrogens is 270 g/mol. The molecule has 0 amide bonds. The summed E-state index contributed by atoms with van der Waals surface area (Å²) in [5.41, 5.74) is 2.43. The predicted octanol–water partition coefficient (Wildman–Crippen LogP) is 1.30. The molecule has 2 unspecified atom stereocenters. The molecule has 2 atom stereocenters. The molecule has 0 bridgehead atoms. The molecule has 2 aromatic heterocycles. The minimum absolute atomic E-state index is 0.146. The van der Waals surface area contributed by atoms with Gasteiger partial charge in [-0.1, -0.05) is 13.3 Å². The van der Waals surface area contributed by atoms with Gasteiger partial charge in [-0.15, -0.1) is 0 Å². The molecule has 0 radical (unpaired) electrons. The molecule has 2 heterocycles. The van der Waals surface area contributed by atoms with Crippen LogP contribution in [0.15, 0.2) is 18.5 Å². The van der Waals surface area contributed by atoms with Crippen molar-refractivity contribution in [2.75, 3.05) is 5.43 Å². The molecule has 0 spiro atoms. The van der Waals surface area contributed by atoms with Crippen LogP contribution >= 0.6 is 0 Å². The van der Waals surface area contributed by atoms with Crippen LogP contribution < -0.4 is 16.0 Å². The molecule has 0 aliphatic heterocycles. The third-order valence-corrected chi connectivity index (χ3v) is 3.60. The van der Waals surface area contributed by atoms with Crippen molar-refractivity contribution in [3.05, 3.63) is 18.5 Å². The van der Waals surface area contributed by atoms with E-state index in [1.807, 2.05) is 0 Å². The molecule has 2 aromatic rings. The minimum atomic E-state index is 0.146. The molecule has 1 saturated carbocycles. The van der Waals surface area contributed by atoms with E-state index in [0.717, 1.165) is 12.8 Å². The summed E-state index contributed by atoms with van der Waals surface area (Å²) in [5, 5.41) is 4.10. The van der Waals surface area contributed by atoms with Crippen LogP contribution in [0.3, 0.4) is 0 Å². The molecular formula is C13H19N7O. The van der Waals surface area contributed by atoms with Gasteiger partial charge >= 0.3 is 6.01 Å². The standard InChI is InChI=1S/C13H19N7O/c1-9-4-2-5-10(8-9)21-13-17-11(19-14)16-12(18-13)20-7-3-6-15-20/h3,6-7,9-10H,2,4-5,8,14H2,1H3,(H,16,17,18,19). The van der Waals surface area contributed by atoms with Crippen LogP contribution in [0.5, 0.6) is 6.01 Å². The first-order valence-electron chi connectivity index (χ1n) is 7.14. The molecule has 112 valence electrons. The van der Waals surface area contributed by atoms with Gasteiger partial charge in [0.25, 0.3) is 5.95 Å². The summed E-state index contributed by atoms with van der Waals surface area (Å²) in [6.45, 7) is 2.24. The average Bonchev–Trinajstić information content (AvgIpc) is 3.01. The first-order chi connectivity index (χ1) is 10.2. The van der Waals surface area contributed by atoms with Gasteiger partial charge in [-0.05, 0) is 31.2 Å². The van der Waals surface area contributed by atoms with E-state index < -0.39 is 0 Å². The summed E-state index contributed by atoms with van der Waals surface area (Å²) in [7, 11) is 0. The van der Waals surface area contributed by atoms with E-state index in [1.54, 1.807) is 23.1 Å². The summed E-state index contributed by atoms with van der Waals surface area (Å²) in [6.07, 6.45) is 8.03. The maximum absolute atomic E-state index is 5.91. The van der Waals surface area contributed by atoms with E-state index >= 15 is 0 Å². The van der Waals surface area contributed by atoms with Gasteiger partial charge in [-0.25, -0.2) is 10.5 Å². The largest absolute Gasteiger partial charge is 0.460 e. The van der Waals surface area contributed by atoms with Gasteiger partial charge in [0.05, 0.1) is 0 Å². The van der Waals surface area contributed by atoms with Crippen LogP contribution in [0.1, 0.15) is 32.6 Å². The fourth-order valence-electron chi connectivity index (χ4n) is 2.59. The third kappa shape index (κ3) is 3.27. The number of nitrogens with zero attached hydrogens (tertiary/aromatic N) is 5. The smallest absolute Gasteiger partial charge is 0.323 e. The number of nitrogens with two attached hydrogens (primary N) is 1. The molecule has 21 heavy (non-hydrogen) atoms. The fourth-order valence-corrected chi connectivity index (χ4v) is 2.59. The number of hydrogen-bond acceptors (Lipinski definition) is 7. The molecule has 1 fully saturated rings. The Bertz CT molecular complexity index is 586. The number of ether oxygens (including phenoxy) is 1. The molecule has 3 rings (SSSR count). The predicted molar refractivity (Wildman–Crippen MR) is 76.8 cm³/mol. The Balaban J connectivity index is 1.82. The average molecular weight is 289 g/mol. The number of anilines is 1. The van der Waals surface area contributed by atoms with Crippen LogP contribution in [0.25, 0.3) is 5.95 Å². The number of rotatable bonds is 4. The summed E-state index contributed by atoms with van der Waals surface area (Å²) < 4.78 is 7.45. The highest BCUT2D eigenvalue weighted by molar-refractivity contribution is 5.28. The molecule has 0 aromatic carbocycles. The topological polar surface area (TPSA) is 104 Å². The Morgan fingerprint density at radius 2 is 2.24 bits per heavy atom. The van der Waals surface area contributed by atoms with E-state index in [0.29, 0.717) is 11.9 Å². The Kier molecular flexibility index (Phi) is 3.96. The monoisotopic (exact) mass is 289 g/mol. The summed E-state index contributed by atoms with van der Waals surface area (Å²) in [5.74, 6) is 6.71. The van der Waals surface area contributed by atoms with Gasteiger partial charge in [0.2, 0.25) is 5.95 Å². The van der Waals surface area contributed by atoms with Crippen LogP contribution in [0.2, 0.25) is 0 Å². The van der Waals surface area contributed by atoms with Crippen LogP contribution in [-0.4, -0.2) is 30.8 Å². The Morgan fingerprint density at radius 1 is 1.33 bits per heavy atom. The minimum Gasteiger partial charge on any atom is -0.460 e. The van der Waals surface area contributed by atoms with Crippen LogP contribution in [0.4, 0.5) is 5.95 Å². The quantitative estimate of drug-likeness (QED) is 0.645. The highest BCUT2D eigenvalue weighted by atomic mass is 16.5. The van der Waals surface area contributed by atoms with Crippen molar-refractivity contribution in [1.82, 2.24) is 24.7 Å². The number of nitrogen functional groups attached to an aromatic ring is 1.